The third-order valence-electron chi connectivity index (χ3n) is 4.84. The first-order valence-electron chi connectivity index (χ1n) is 9.65. The second kappa shape index (κ2) is 8.79. The molecule has 0 saturated carbocycles. The standard InChI is InChI=1S/C12H18O2S.C11H15FO2S/c1-9-6-7-11(8-10(9)2)15(13,14)12(3,4)5;1-8-5-6-9(12)7-10(8)15(13,14)11(2,3)4/h6-8H,1-5H3;5-7H,1-4H3. The Bertz CT molecular complexity index is 1120. The van der Waals surface area contributed by atoms with Gasteiger partial charge in [0, 0.05) is 0 Å². The van der Waals surface area contributed by atoms with Crippen molar-refractivity contribution in [1.29, 1.82) is 0 Å². The molecule has 4 nitrogen and oxygen atoms in total. The Balaban J connectivity index is 0.000000300. The third-order valence-corrected chi connectivity index (χ3v) is 9.96. The number of hydrogen-bond acceptors (Lipinski definition) is 4. The predicted molar refractivity (Wildman–Crippen MR) is 121 cm³/mol. The minimum absolute atomic E-state index is 0.0787. The normalized spacial score (nSPS) is 12.9. The number of halogens is 1. The summed E-state index contributed by atoms with van der Waals surface area (Å²) in [4.78, 5) is 0.494. The Labute approximate surface area is 181 Å². The van der Waals surface area contributed by atoms with Gasteiger partial charge >= 0.3 is 0 Å². The van der Waals surface area contributed by atoms with Crippen LogP contribution in [0.3, 0.4) is 0 Å². The zero-order valence-corrected chi connectivity index (χ0v) is 20.9. The van der Waals surface area contributed by atoms with E-state index in [1.165, 1.54) is 12.1 Å². The lowest BCUT2D eigenvalue weighted by atomic mass is 10.1. The van der Waals surface area contributed by atoms with Gasteiger partial charge in [-0.3, -0.25) is 0 Å². The molecule has 0 fully saturated rings. The monoisotopic (exact) mass is 456 g/mol. The van der Waals surface area contributed by atoms with Gasteiger partial charge in [-0.2, -0.15) is 0 Å². The smallest absolute Gasteiger partial charge is 0.183 e. The molecule has 0 bridgehead atoms. The number of aryl methyl sites for hydroxylation is 3. The lowest BCUT2D eigenvalue weighted by Gasteiger charge is -2.20. The molecular weight excluding hydrogens is 423 g/mol. The maximum absolute atomic E-state index is 13.0. The molecule has 0 radical (unpaired) electrons. The van der Waals surface area contributed by atoms with Gasteiger partial charge in [0.25, 0.3) is 0 Å². The van der Waals surface area contributed by atoms with Crippen LogP contribution in [0.15, 0.2) is 46.2 Å². The van der Waals surface area contributed by atoms with Gasteiger partial charge in [0.2, 0.25) is 0 Å². The summed E-state index contributed by atoms with van der Waals surface area (Å²) in [6.07, 6.45) is 0. The average Bonchev–Trinajstić information content (AvgIpc) is 2.57. The first-order chi connectivity index (χ1) is 13.3. The van der Waals surface area contributed by atoms with E-state index in [1.54, 1.807) is 60.6 Å². The van der Waals surface area contributed by atoms with Crippen molar-refractivity contribution >= 4 is 19.7 Å². The van der Waals surface area contributed by atoms with Crippen molar-refractivity contribution in [3.05, 3.63) is 58.9 Å². The van der Waals surface area contributed by atoms with Crippen molar-refractivity contribution < 1.29 is 21.2 Å². The molecule has 0 heterocycles. The average molecular weight is 457 g/mol. The van der Waals surface area contributed by atoms with Crippen molar-refractivity contribution in [3.8, 4) is 0 Å². The lowest BCUT2D eigenvalue weighted by molar-refractivity contribution is 0.556. The highest BCUT2D eigenvalue weighted by molar-refractivity contribution is 7.93. The molecule has 0 aliphatic rings. The summed E-state index contributed by atoms with van der Waals surface area (Å²) in [7, 11) is -6.69. The quantitative estimate of drug-likeness (QED) is 0.591. The highest BCUT2D eigenvalue weighted by atomic mass is 32.2. The summed E-state index contributed by atoms with van der Waals surface area (Å²) >= 11 is 0. The van der Waals surface area contributed by atoms with E-state index in [0.717, 1.165) is 17.2 Å². The van der Waals surface area contributed by atoms with Crippen molar-refractivity contribution in [2.75, 3.05) is 0 Å². The molecule has 0 amide bonds. The van der Waals surface area contributed by atoms with Crippen LogP contribution in [0.4, 0.5) is 4.39 Å². The van der Waals surface area contributed by atoms with Crippen LogP contribution < -0.4 is 0 Å². The van der Waals surface area contributed by atoms with Gasteiger partial charge in [0.05, 0.1) is 19.3 Å². The van der Waals surface area contributed by atoms with Gasteiger partial charge in [0.1, 0.15) is 5.82 Å². The first kappa shape index (κ1) is 26.3. The topological polar surface area (TPSA) is 68.3 Å². The van der Waals surface area contributed by atoms with Crippen molar-refractivity contribution in [2.45, 2.75) is 81.6 Å². The number of benzene rings is 2. The van der Waals surface area contributed by atoms with E-state index in [9.17, 15) is 21.2 Å². The summed E-state index contributed by atoms with van der Waals surface area (Å²) in [5, 5.41) is 0. The first-order valence-corrected chi connectivity index (χ1v) is 12.6. The number of rotatable bonds is 2. The molecule has 0 aliphatic carbocycles. The highest BCUT2D eigenvalue weighted by Crippen LogP contribution is 2.28. The molecule has 2 aromatic rings. The molecule has 7 heteroatoms. The lowest BCUT2D eigenvalue weighted by Crippen LogP contribution is -2.28. The van der Waals surface area contributed by atoms with Crippen LogP contribution in [-0.2, 0) is 19.7 Å². The zero-order valence-electron chi connectivity index (χ0n) is 19.3. The van der Waals surface area contributed by atoms with Crippen LogP contribution in [0.25, 0.3) is 0 Å². The Morgan fingerprint density at radius 1 is 0.633 bits per heavy atom. The zero-order chi connectivity index (χ0) is 23.7. The summed E-state index contributed by atoms with van der Waals surface area (Å²) < 4.78 is 59.7. The summed E-state index contributed by atoms with van der Waals surface area (Å²) in [6.45, 7) is 15.5. The van der Waals surface area contributed by atoms with Gasteiger partial charge in [-0.05, 0) is 103 Å². The van der Waals surface area contributed by atoms with E-state index >= 15 is 0 Å². The minimum atomic E-state index is -3.47. The van der Waals surface area contributed by atoms with Crippen LogP contribution in [-0.4, -0.2) is 26.3 Å². The number of hydrogen-bond donors (Lipinski definition) is 0. The van der Waals surface area contributed by atoms with Crippen molar-refractivity contribution in [2.24, 2.45) is 0 Å². The summed E-state index contributed by atoms with van der Waals surface area (Å²) in [5.74, 6) is -0.525. The molecule has 0 saturated heterocycles. The molecule has 30 heavy (non-hydrogen) atoms. The fourth-order valence-electron chi connectivity index (χ4n) is 2.43. The summed E-state index contributed by atoms with van der Waals surface area (Å²) in [6, 6.07) is 9.10. The Morgan fingerprint density at radius 2 is 1.10 bits per heavy atom. The molecule has 2 rings (SSSR count). The predicted octanol–water partition coefficient (Wildman–Crippen LogP) is 5.58. The van der Waals surface area contributed by atoms with E-state index in [-0.39, 0.29) is 4.90 Å². The van der Waals surface area contributed by atoms with Gasteiger partial charge < -0.3 is 0 Å². The molecule has 0 spiro atoms. The van der Waals surface area contributed by atoms with Crippen LogP contribution >= 0.6 is 0 Å². The van der Waals surface area contributed by atoms with Crippen LogP contribution in [0.1, 0.15) is 58.2 Å². The van der Waals surface area contributed by atoms with E-state index in [0.29, 0.717) is 10.5 Å². The third kappa shape index (κ3) is 5.70. The van der Waals surface area contributed by atoms with Gasteiger partial charge in [-0.15, -0.1) is 0 Å². The highest BCUT2D eigenvalue weighted by Gasteiger charge is 2.32. The minimum Gasteiger partial charge on any atom is -0.223 e. The van der Waals surface area contributed by atoms with Gasteiger partial charge in [-0.25, -0.2) is 21.2 Å². The molecule has 0 N–H and O–H groups in total. The van der Waals surface area contributed by atoms with E-state index in [2.05, 4.69) is 0 Å². The molecule has 0 aromatic heterocycles. The summed E-state index contributed by atoms with van der Waals surface area (Å²) in [5.41, 5.74) is 2.70. The molecule has 0 atom stereocenters. The molecule has 0 unspecified atom stereocenters. The Hall–Kier alpha value is -1.73. The van der Waals surface area contributed by atoms with E-state index < -0.39 is 35.0 Å². The fourth-order valence-corrected chi connectivity index (χ4v) is 5.13. The van der Waals surface area contributed by atoms with Crippen molar-refractivity contribution in [1.82, 2.24) is 0 Å². The van der Waals surface area contributed by atoms with Crippen LogP contribution in [0.5, 0.6) is 0 Å². The fraction of sp³-hybridized carbons (Fsp3) is 0.478. The maximum atomic E-state index is 13.0. The Morgan fingerprint density at radius 3 is 1.53 bits per heavy atom. The second-order valence-electron chi connectivity index (χ2n) is 9.39. The van der Waals surface area contributed by atoms with Crippen molar-refractivity contribution in [3.63, 3.8) is 0 Å². The number of sulfone groups is 2. The van der Waals surface area contributed by atoms with E-state index in [4.69, 9.17) is 0 Å². The largest absolute Gasteiger partial charge is 0.223 e. The molecular formula is C23H33FO4S2. The Kier molecular flexibility index (Phi) is 7.71. The second-order valence-corrected chi connectivity index (χ2v) is 14.8. The van der Waals surface area contributed by atoms with Gasteiger partial charge in [-0.1, -0.05) is 12.1 Å². The van der Waals surface area contributed by atoms with E-state index in [1.807, 2.05) is 19.9 Å². The van der Waals surface area contributed by atoms with Crippen LogP contribution in [0, 0.1) is 26.6 Å². The molecule has 0 aliphatic heterocycles. The molecule has 168 valence electrons. The molecule has 2 aromatic carbocycles. The van der Waals surface area contributed by atoms with Crippen LogP contribution in [0.2, 0.25) is 0 Å². The maximum Gasteiger partial charge on any atom is 0.183 e. The van der Waals surface area contributed by atoms with Gasteiger partial charge in [0.15, 0.2) is 19.7 Å². The SMILES string of the molecule is Cc1ccc(F)cc1S(=O)(=O)C(C)(C)C.Cc1ccc(S(=O)(=O)C(C)(C)C)cc1C.